The standard InChI is InChI=1S/C12H17NO3S/c13-17(14,15)8-2-7-16-12-6-5-10-3-1-4-11(10)9-12/h5-6,9H,1-4,7-8H2,(H2,13,14,15). The fourth-order valence-electron chi connectivity index (χ4n) is 2.09. The number of nitrogens with two attached hydrogens (primary N) is 1. The molecule has 0 saturated carbocycles. The van der Waals surface area contributed by atoms with Gasteiger partial charge in [-0.15, -0.1) is 0 Å². The topological polar surface area (TPSA) is 69.4 Å². The summed E-state index contributed by atoms with van der Waals surface area (Å²) < 4.78 is 26.9. The largest absolute Gasteiger partial charge is 0.494 e. The lowest BCUT2D eigenvalue weighted by Gasteiger charge is -2.07. The van der Waals surface area contributed by atoms with Gasteiger partial charge in [-0.2, -0.15) is 0 Å². The van der Waals surface area contributed by atoms with Crippen molar-refractivity contribution in [2.24, 2.45) is 5.14 Å². The van der Waals surface area contributed by atoms with Gasteiger partial charge in [0.1, 0.15) is 5.75 Å². The molecule has 0 atom stereocenters. The number of hydrogen-bond acceptors (Lipinski definition) is 3. The molecular formula is C12H17NO3S. The number of hydrogen-bond donors (Lipinski definition) is 1. The Hall–Kier alpha value is -1.07. The maximum atomic E-state index is 10.7. The van der Waals surface area contributed by atoms with E-state index in [4.69, 9.17) is 9.88 Å². The second-order valence-corrected chi connectivity index (χ2v) is 6.09. The number of fused-ring (bicyclic) bond motifs is 1. The molecule has 2 N–H and O–H groups in total. The molecule has 5 heteroatoms. The quantitative estimate of drug-likeness (QED) is 0.805. The van der Waals surface area contributed by atoms with Crippen LogP contribution in [0.1, 0.15) is 24.0 Å². The molecule has 1 aromatic carbocycles. The lowest BCUT2D eigenvalue weighted by molar-refractivity contribution is 0.317. The van der Waals surface area contributed by atoms with E-state index in [1.807, 2.05) is 6.07 Å². The van der Waals surface area contributed by atoms with Gasteiger partial charge in [0.25, 0.3) is 0 Å². The first kappa shape index (κ1) is 12.4. The molecule has 0 fully saturated rings. The monoisotopic (exact) mass is 255 g/mol. The van der Waals surface area contributed by atoms with Crippen molar-refractivity contribution in [3.63, 3.8) is 0 Å². The number of rotatable bonds is 5. The minimum Gasteiger partial charge on any atom is -0.494 e. The zero-order valence-electron chi connectivity index (χ0n) is 9.69. The lowest BCUT2D eigenvalue weighted by Crippen LogP contribution is -2.18. The molecule has 0 spiro atoms. The van der Waals surface area contributed by atoms with Crippen LogP contribution in [0.3, 0.4) is 0 Å². The van der Waals surface area contributed by atoms with Gasteiger partial charge in [0, 0.05) is 0 Å². The van der Waals surface area contributed by atoms with Crippen molar-refractivity contribution in [2.75, 3.05) is 12.4 Å². The van der Waals surface area contributed by atoms with E-state index in [2.05, 4.69) is 12.1 Å². The highest BCUT2D eigenvalue weighted by molar-refractivity contribution is 7.89. The molecule has 0 aliphatic heterocycles. The van der Waals surface area contributed by atoms with Crippen LogP contribution in [0.15, 0.2) is 18.2 Å². The first-order valence-corrected chi connectivity index (χ1v) is 7.51. The summed E-state index contributed by atoms with van der Waals surface area (Å²) in [6.07, 6.45) is 3.91. The van der Waals surface area contributed by atoms with Gasteiger partial charge in [0.05, 0.1) is 12.4 Å². The molecule has 94 valence electrons. The highest BCUT2D eigenvalue weighted by atomic mass is 32.2. The molecule has 0 heterocycles. The second-order valence-electron chi connectivity index (χ2n) is 4.35. The van der Waals surface area contributed by atoms with Crippen LogP contribution in [0.5, 0.6) is 5.75 Å². The zero-order chi connectivity index (χ0) is 12.3. The molecule has 1 aliphatic rings. The SMILES string of the molecule is NS(=O)(=O)CCCOc1ccc2c(c1)CCC2. The Kier molecular flexibility index (Phi) is 3.69. The predicted octanol–water partition coefficient (Wildman–Crippen LogP) is 1.23. The van der Waals surface area contributed by atoms with Crippen molar-refractivity contribution in [2.45, 2.75) is 25.7 Å². The summed E-state index contributed by atoms with van der Waals surface area (Å²) in [7, 11) is -3.37. The Morgan fingerprint density at radius 3 is 2.76 bits per heavy atom. The second kappa shape index (κ2) is 5.06. The normalized spacial score (nSPS) is 14.6. The molecule has 1 aliphatic carbocycles. The van der Waals surface area contributed by atoms with Gasteiger partial charge in [-0.25, -0.2) is 13.6 Å². The molecule has 4 nitrogen and oxygen atoms in total. The molecule has 0 amide bonds. The van der Waals surface area contributed by atoms with Crippen molar-refractivity contribution >= 4 is 10.0 Å². The number of benzene rings is 1. The van der Waals surface area contributed by atoms with E-state index in [0.29, 0.717) is 13.0 Å². The van der Waals surface area contributed by atoms with Crippen molar-refractivity contribution in [1.29, 1.82) is 0 Å². The van der Waals surface area contributed by atoms with Crippen LogP contribution >= 0.6 is 0 Å². The maximum Gasteiger partial charge on any atom is 0.209 e. The lowest BCUT2D eigenvalue weighted by atomic mass is 10.1. The van der Waals surface area contributed by atoms with Gasteiger partial charge in [0.15, 0.2) is 0 Å². The first-order valence-electron chi connectivity index (χ1n) is 5.80. The number of primary sulfonamides is 1. The summed E-state index contributed by atoms with van der Waals surface area (Å²) in [6, 6.07) is 6.09. The van der Waals surface area contributed by atoms with E-state index in [1.54, 1.807) is 0 Å². The molecule has 1 aromatic rings. The molecule has 0 radical (unpaired) electrons. The average Bonchev–Trinajstić information content (AvgIpc) is 2.70. The molecule has 0 bridgehead atoms. The molecule has 0 aromatic heterocycles. The third-order valence-corrected chi connectivity index (χ3v) is 3.77. The summed E-state index contributed by atoms with van der Waals surface area (Å²) in [6.45, 7) is 0.384. The fourth-order valence-corrected chi connectivity index (χ4v) is 2.61. The number of aryl methyl sites for hydroxylation is 2. The highest BCUT2D eigenvalue weighted by Gasteiger charge is 2.11. The fraction of sp³-hybridized carbons (Fsp3) is 0.500. The van der Waals surface area contributed by atoms with E-state index in [9.17, 15) is 8.42 Å². The predicted molar refractivity (Wildman–Crippen MR) is 66.6 cm³/mol. The molecule has 0 saturated heterocycles. The van der Waals surface area contributed by atoms with E-state index >= 15 is 0 Å². The molecule has 0 unspecified atom stereocenters. The average molecular weight is 255 g/mol. The minimum absolute atomic E-state index is 0.0298. The summed E-state index contributed by atoms with van der Waals surface area (Å²) in [5.41, 5.74) is 2.76. The maximum absolute atomic E-state index is 10.7. The highest BCUT2D eigenvalue weighted by Crippen LogP contribution is 2.25. The van der Waals surface area contributed by atoms with Crippen LogP contribution in [0.25, 0.3) is 0 Å². The summed E-state index contributed by atoms with van der Waals surface area (Å²) in [4.78, 5) is 0. The smallest absolute Gasteiger partial charge is 0.209 e. The Balaban J connectivity index is 1.84. The molecule has 2 rings (SSSR count). The van der Waals surface area contributed by atoms with E-state index in [0.717, 1.165) is 18.6 Å². The molecular weight excluding hydrogens is 238 g/mol. The van der Waals surface area contributed by atoms with Crippen molar-refractivity contribution in [3.8, 4) is 5.75 Å². The summed E-state index contributed by atoms with van der Waals surface area (Å²) in [5.74, 6) is 0.790. The number of sulfonamides is 1. The van der Waals surface area contributed by atoms with Gasteiger partial charge in [-0.3, -0.25) is 0 Å². The zero-order valence-corrected chi connectivity index (χ0v) is 10.5. The van der Waals surface area contributed by atoms with E-state index < -0.39 is 10.0 Å². The van der Waals surface area contributed by atoms with Crippen molar-refractivity contribution in [3.05, 3.63) is 29.3 Å². The number of ether oxygens (including phenoxy) is 1. The third kappa shape index (κ3) is 3.71. The Labute approximate surface area is 102 Å². The summed E-state index contributed by atoms with van der Waals surface area (Å²) >= 11 is 0. The van der Waals surface area contributed by atoms with Crippen LogP contribution in [0, 0.1) is 0 Å². The van der Waals surface area contributed by atoms with Gasteiger partial charge < -0.3 is 4.74 Å². The van der Waals surface area contributed by atoms with E-state index in [1.165, 1.54) is 17.5 Å². The third-order valence-electron chi connectivity index (χ3n) is 2.91. The Morgan fingerprint density at radius 1 is 1.24 bits per heavy atom. The van der Waals surface area contributed by atoms with Crippen LogP contribution in [0.2, 0.25) is 0 Å². The van der Waals surface area contributed by atoms with Crippen molar-refractivity contribution in [1.82, 2.24) is 0 Å². The van der Waals surface area contributed by atoms with Gasteiger partial charge in [0.2, 0.25) is 10.0 Å². The van der Waals surface area contributed by atoms with Crippen molar-refractivity contribution < 1.29 is 13.2 Å². The Bertz CT molecular complexity index is 496. The molecule has 17 heavy (non-hydrogen) atoms. The van der Waals surface area contributed by atoms with E-state index in [-0.39, 0.29) is 5.75 Å². The van der Waals surface area contributed by atoms with Crippen LogP contribution in [-0.2, 0) is 22.9 Å². The first-order chi connectivity index (χ1) is 8.04. The van der Waals surface area contributed by atoms with Gasteiger partial charge in [-0.05, 0) is 48.9 Å². The van der Waals surface area contributed by atoms with Crippen LogP contribution < -0.4 is 9.88 Å². The van der Waals surface area contributed by atoms with Crippen LogP contribution in [0.4, 0.5) is 0 Å². The minimum atomic E-state index is -3.37. The van der Waals surface area contributed by atoms with Crippen LogP contribution in [-0.4, -0.2) is 20.8 Å². The Morgan fingerprint density at radius 2 is 2.00 bits per heavy atom. The summed E-state index contributed by atoms with van der Waals surface area (Å²) in [5, 5.41) is 4.91. The van der Waals surface area contributed by atoms with Gasteiger partial charge >= 0.3 is 0 Å². The van der Waals surface area contributed by atoms with Gasteiger partial charge in [-0.1, -0.05) is 6.07 Å².